The second kappa shape index (κ2) is 10.4. The van der Waals surface area contributed by atoms with Gasteiger partial charge in [0.05, 0.1) is 29.2 Å². The Morgan fingerprint density at radius 1 is 1.31 bits per heavy atom. The molecule has 184 valence electrons. The number of nitrogens with zero attached hydrogens (tertiary/aromatic N) is 4. The lowest BCUT2D eigenvalue weighted by molar-refractivity contribution is -0.136. The monoisotopic (exact) mass is 500 g/mol. The van der Waals surface area contributed by atoms with Crippen molar-refractivity contribution >= 4 is 29.1 Å². The molecule has 1 aliphatic heterocycles. The minimum absolute atomic E-state index is 0.183. The maximum Gasteiger partial charge on any atom is 0.255 e. The molecule has 11 heteroatoms. The molecule has 1 fully saturated rings. The summed E-state index contributed by atoms with van der Waals surface area (Å²) in [4.78, 5) is 27.6. The van der Waals surface area contributed by atoms with E-state index in [0.29, 0.717) is 24.3 Å². The number of hydrogen-bond acceptors (Lipinski definition) is 6. The van der Waals surface area contributed by atoms with Crippen molar-refractivity contribution in [3.8, 4) is 5.69 Å². The van der Waals surface area contributed by atoms with E-state index in [2.05, 4.69) is 15.6 Å². The zero-order chi connectivity index (χ0) is 25.1. The molecular formula is C24H26ClFN6O3. The Labute approximate surface area is 206 Å². The van der Waals surface area contributed by atoms with Gasteiger partial charge in [-0.3, -0.25) is 9.59 Å². The van der Waals surface area contributed by atoms with E-state index in [9.17, 15) is 19.1 Å². The standard InChI is InChI=1S/C24H26ClFN6O3/c1-14(33)22(28-23(34)20-10-15(25)7-8-21(20)26)24(35)31-9-3-6-18(31)12-17-13-32(30-29-17)19-5-2-4-16(27)11-19/h2,4-5,7-8,10-11,13-14,18,22,33H,3,6,9,12,27H2,1H3,(H,28,34). The number of nitrogens with one attached hydrogen (secondary N) is 1. The highest BCUT2D eigenvalue weighted by Gasteiger charge is 2.36. The van der Waals surface area contributed by atoms with Crippen molar-refractivity contribution in [3.05, 3.63) is 70.8 Å². The maximum absolute atomic E-state index is 14.1. The summed E-state index contributed by atoms with van der Waals surface area (Å²) < 4.78 is 15.7. The van der Waals surface area contributed by atoms with Gasteiger partial charge in [-0.15, -0.1) is 5.10 Å². The van der Waals surface area contributed by atoms with Gasteiger partial charge in [0.25, 0.3) is 5.91 Å². The van der Waals surface area contributed by atoms with Crippen LogP contribution in [0.2, 0.25) is 5.02 Å². The van der Waals surface area contributed by atoms with Crippen molar-refractivity contribution < 1.29 is 19.1 Å². The molecule has 3 unspecified atom stereocenters. The van der Waals surface area contributed by atoms with Gasteiger partial charge in [-0.05, 0) is 56.2 Å². The summed E-state index contributed by atoms with van der Waals surface area (Å²) in [5.74, 6) is -2.04. The maximum atomic E-state index is 14.1. The zero-order valence-corrected chi connectivity index (χ0v) is 19.8. The Morgan fingerprint density at radius 3 is 2.86 bits per heavy atom. The van der Waals surface area contributed by atoms with Gasteiger partial charge in [0.2, 0.25) is 5.91 Å². The predicted molar refractivity (Wildman–Crippen MR) is 129 cm³/mol. The number of carbonyl (C=O) groups excluding carboxylic acids is 2. The molecule has 2 aromatic carbocycles. The number of benzene rings is 2. The number of amides is 2. The number of carbonyl (C=O) groups is 2. The molecule has 35 heavy (non-hydrogen) atoms. The van der Waals surface area contributed by atoms with E-state index in [-0.39, 0.29) is 16.6 Å². The summed E-state index contributed by atoms with van der Waals surface area (Å²) in [6.45, 7) is 1.87. The molecule has 3 atom stereocenters. The van der Waals surface area contributed by atoms with Crippen molar-refractivity contribution in [2.75, 3.05) is 12.3 Å². The smallest absolute Gasteiger partial charge is 0.255 e. The second-order valence-corrected chi connectivity index (χ2v) is 9.03. The third-order valence-electron chi connectivity index (χ3n) is 5.99. The van der Waals surface area contributed by atoms with Crippen LogP contribution in [0.15, 0.2) is 48.7 Å². The number of aromatic nitrogens is 3. The first-order chi connectivity index (χ1) is 16.7. The van der Waals surface area contributed by atoms with Crippen molar-refractivity contribution in [1.82, 2.24) is 25.2 Å². The summed E-state index contributed by atoms with van der Waals surface area (Å²) in [6.07, 6.45) is 2.55. The van der Waals surface area contributed by atoms with E-state index in [4.69, 9.17) is 17.3 Å². The molecule has 4 N–H and O–H groups in total. The van der Waals surface area contributed by atoms with E-state index in [1.807, 2.05) is 12.1 Å². The SMILES string of the molecule is CC(O)C(NC(=O)c1cc(Cl)ccc1F)C(=O)N1CCCC1Cc1cn(-c2cccc(N)c2)nn1. The van der Waals surface area contributed by atoms with E-state index < -0.39 is 29.8 Å². The van der Waals surface area contributed by atoms with Gasteiger partial charge < -0.3 is 21.1 Å². The highest BCUT2D eigenvalue weighted by Crippen LogP contribution is 2.23. The Hall–Kier alpha value is -3.50. The summed E-state index contributed by atoms with van der Waals surface area (Å²) >= 11 is 5.88. The fourth-order valence-corrected chi connectivity index (χ4v) is 4.39. The summed E-state index contributed by atoms with van der Waals surface area (Å²) in [7, 11) is 0. The lowest BCUT2D eigenvalue weighted by Crippen LogP contribution is -2.55. The van der Waals surface area contributed by atoms with E-state index in [1.54, 1.807) is 27.9 Å². The minimum atomic E-state index is -1.25. The van der Waals surface area contributed by atoms with Crippen LogP contribution in [0.5, 0.6) is 0 Å². The first-order valence-corrected chi connectivity index (χ1v) is 11.6. The van der Waals surface area contributed by atoms with Crippen LogP contribution in [0.3, 0.4) is 0 Å². The fourth-order valence-electron chi connectivity index (χ4n) is 4.22. The zero-order valence-electron chi connectivity index (χ0n) is 19.1. The van der Waals surface area contributed by atoms with Gasteiger partial charge in [-0.2, -0.15) is 0 Å². The summed E-state index contributed by atoms with van der Waals surface area (Å²) in [5.41, 5.74) is 7.61. The predicted octanol–water partition coefficient (Wildman–Crippen LogP) is 2.35. The Balaban J connectivity index is 1.47. The number of halogens is 2. The normalized spacial score (nSPS) is 17.3. The number of rotatable bonds is 7. The van der Waals surface area contributed by atoms with Crippen LogP contribution in [0, 0.1) is 5.82 Å². The molecule has 2 amide bonds. The fraction of sp³-hybridized carbons (Fsp3) is 0.333. The van der Waals surface area contributed by atoms with Gasteiger partial charge in [-0.25, -0.2) is 9.07 Å². The molecule has 1 saturated heterocycles. The average molecular weight is 501 g/mol. The molecule has 1 aromatic heterocycles. The molecular weight excluding hydrogens is 475 g/mol. The number of aliphatic hydroxyl groups is 1. The van der Waals surface area contributed by atoms with E-state index in [0.717, 1.165) is 24.6 Å². The van der Waals surface area contributed by atoms with Crippen LogP contribution in [-0.4, -0.2) is 61.5 Å². The van der Waals surface area contributed by atoms with Crippen LogP contribution in [0.25, 0.3) is 5.69 Å². The van der Waals surface area contributed by atoms with E-state index >= 15 is 0 Å². The van der Waals surface area contributed by atoms with Crippen molar-refractivity contribution in [2.24, 2.45) is 0 Å². The lowest BCUT2D eigenvalue weighted by atomic mass is 10.1. The van der Waals surface area contributed by atoms with Crippen LogP contribution in [0.1, 0.15) is 35.8 Å². The second-order valence-electron chi connectivity index (χ2n) is 8.60. The number of anilines is 1. The van der Waals surface area contributed by atoms with Crippen LogP contribution in [-0.2, 0) is 11.2 Å². The van der Waals surface area contributed by atoms with Gasteiger partial charge in [0, 0.05) is 29.7 Å². The number of aliphatic hydroxyl groups excluding tert-OH is 1. The van der Waals surface area contributed by atoms with Gasteiger partial charge >= 0.3 is 0 Å². The Kier molecular flexibility index (Phi) is 7.32. The molecule has 0 aliphatic carbocycles. The number of nitrogen functional groups attached to an aromatic ring is 1. The van der Waals surface area contributed by atoms with Crippen LogP contribution < -0.4 is 11.1 Å². The van der Waals surface area contributed by atoms with Crippen LogP contribution in [0.4, 0.5) is 10.1 Å². The summed E-state index contributed by atoms with van der Waals surface area (Å²) in [5, 5.41) is 21.3. The van der Waals surface area contributed by atoms with Gasteiger partial charge in [-0.1, -0.05) is 22.9 Å². The first-order valence-electron chi connectivity index (χ1n) is 11.2. The largest absolute Gasteiger partial charge is 0.399 e. The minimum Gasteiger partial charge on any atom is -0.399 e. The Bertz CT molecular complexity index is 1230. The highest BCUT2D eigenvalue weighted by molar-refractivity contribution is 6.31. The van der Waals surface area contributed by atoms with Gasteiger partial charge in [0.15, 0.2) is 0 Å². The van der Waals surface area contributed by atoms with Crippen LogP contribution >= 0.6 is 11.6 Å². The third kappa shape index (κ3) is 5.60. The molecule has 2 heterocycles. The molecule has 1 aliphatic rings. The third-order valence-corrected chi connectivity index (χ3v) is 6.22. The van der Waals surface area contributed by atoms with Crippen molar-refractivity contribution in [2.45, 2.75) is 44.4 Å². The first kappa shape index (κ1) is 24.6. The van der Waals surface area contributed by atoms with Crippen molar-refractivity contribution in [3.63, 3.8) is 0 Å². The molecule has 4 rings (SSSR count). The topological polar surface area (TPSA) is 126 Å². The number of hydrogen-bond donors (Lipinski definition) is 3. The Morgan fingerprint density at radius 2 is 2.11 bits per heavy atom. The summed E-state index contributed by atoms with van der Waals surface area (Å²) in [6, 6.07) is 9.38. The molecule has 0 radical (unpaired) electrons. The quantitative estimate of drug-likeness (QED) is 0.427. The molecule has 0 spiro atoms. The molecule has 3 aromatic rings. The van der Waals surface area contributed by atoms with Gasteiger partial charge in [0.1, 0.15) is 11.9 Å². The molecule has 9 nitrogen and oxygen atoms in total. The average Bonchev–Trinajstić information content (AvgIpc) is 3.48. The highest BCUT2D eigenvalue weighted by atomic mass is 35.5. The van der Waals surface area contributed by atoms with E-state index in [1.165, 1.54) is 19.1 Å². The molecule has 0 saturated carbocycles. The lowest BCUT2D eigenvalue weighted by Gasteiger charge is -2.30. The number of nitrogens with two attached hydrogens (primary N) is 1. The van der Waals surface area contributed by atoms with Crippen molar-refractivity contribution in [1.29, 1.82) is 0 Å². The number of likely N-dealkylation sites (tertiary alicyclic amines) is 1. The molecule has 0 bridgehead atoms.